The molecule has 0 atom stereocenters. The minimum absolute atomic E-state index is 0.0683. The third-order valence-corrected chi connectivity index (χ3v) is 3.18. The second-order valence-corrected chi connectivity index (χ2v) is 4.97. The SMILES string of the molecule is O=C(CC(=O)Nc1ccccc1C(=O)O)Nc1ccccc1C(=O)O. The normalized spacial score (nSPS) is 9.92. The van der Waals surface area contributed by atoms with Gasteiger partial charge in [0.1, 0.15) is 6.42 Å². The number of hydrogen-bond acceptors (Lipinski definition) is 4. The summed E-state index contributed by atoms with van der Waals surface area (Å²) in [6.45, 7) is 0. The van der Waals surface area contributed by atoms with Crippen LogP contribution in [0.5, 0.6) is 0 Å². The molecule has 25 heavy (non-hydrogen) atoms. The Bertz CT molecular complexity index is 777. The van der Waals surface area contributed by atoms with Crippen molar-refractivity contribution in [3.8, 4) is 0 Å². The fourth-order valence-electron chi connectivity index (χ4n) is 2.09. The molecule has 8 nitrogen and oxygen atoms in total. The molecule has 0 unspecified atom stereocenters. The lowest BCUT2D eigenvalue weighted by Crippen LogP contribution is -2.23. The highest BCUT2D eigenvalue weighted by Crippen LogP contribution is 2.17. The van der Waals surface area contributed by atoms with Gasteiger partial charge < -0.3 is 20.8 Å². The Morgan fingerprint density at radius 2 is 1.04 bits per heavy atom. The molecule has 8 heteroatoms. The number of carbonyl (C=O) groups excluding carboxylic acids is 2. The second kappa shape index (κ2) is 7.73. The van der Waals surface area contributed by atoms with Crippen molar-refractivity contribution in [1.29, 1.82) is 0 Å². The van der Waals surface area contributed by atoms with E-state index in [0.717, 1.165) is 0 Å². The maximum Gasteiger partial charge on any atom is 0.337 e. The van der Waals surface area contributed by atoms with Gasteiger partial charge in [0.25, 0.3) is 0 Å². The number of anilines is 2. The van der Waals surface area contributed by atoms with Gasteiger partial charge in [-0.25, -0.2) is 9.59 Å². The zero-order valence-corrected chi connectivity index (χ0v) is 12.9. The summed E-state index contributed by atoms with van der Waals surface area (Å²) in [6, 6.07) is 11.6. The Labute approximate surface area is 142 Å². The van der Waals surface area contributed by atoms with E-state index in [-0.39, 0.29) is 22.5 Å². The summed E-state index contributed by atoms with van der Waals surface area (Å²) in [5.74, 6) is -3.87. The predicted octanol–water partition coefficient (Wildman–Crippen LogP) is 2.05. The van der Waals surface area contributed by atoms with Gasteiger partial charge in [-0.05, 0) is 24.3 Å². The van der Waals surface area contributed by atoms with E-state index in [0.29, 0.717) is 0 Å². The molecular weight excluding hydrogens is 328 g/mol. The van der Waals surface area contributed by atoms with E-state index in [9.17, 15) is 19.2 Å². The van der Waals surface area contributed by atoms with Crippen LogP contribution in [0.3, 0.4) is 0 Å². The zero-order valence-electron chi connectivity index (χ0n) is 12.9. The molecule has 4 N–H and O–H groups in total. The molecule has 2 amide bonds. The Morgan fingerprint density at radius 3 is 1.40 bits per heavy atom. The van der Waals surface area contributed by atoms with Crippen molar-refractivity contribution >= 4 is 35.1 Å². The summed E-state index contributed by atoms with van der Waals surface area (Å²) in [5.41, 5.74) is -0.0718. The number of para-hydroxylation sites is 2. The van der Waals surface area contributed by atoms with E-state index in [4.69, 9.17) is 10.2 Å². The third-order valence-electron chi connectivity index (χ3n) is 3.18. The van der Waals surface area contributed by atoms with Gasteiger partial charge >= 0.3 is 11.9 Å². The van der Waals surface area contributed by atoms with E-state index in [1.165, 1.54) is 36.4 Å². The quantitative estimate of drug-likeness (QED) is 0.594. The third kappa shape index (κ3) is 4.64. The highest BCUT2D eigenvalue weighted by molar-refractivity contribution is 6.11. The molecule has 128 valence electrons. The first-order valence-electron chi connectivity index (χ1n) is 7.13. The molecular formula is C17H14N2O6. The molecule has 0 saturated heterocycles. The molecule has 0 bridgehead atoms. The molecule has 0 radical (unpaired) electrons. The van der Waals surface area contributed by atoms with Crippen molar-refractivity contribution < 1.29 is 29.4 Å². The minimum Gasteiger partial charge on any atom is -0.478 e. The Hall–Kier alpha value is -3.68. The zero-order chi connectivity index (χ0) is 18.4. The Morgan fingerprint density at radius 1 is 0.680 bits per heavy atom. The van der Waals surface area contributed by atoms with Crippen LogP contribution in [-0.4, -0.2) is 34.0 Å². The first-order chi connectivity index (χ1) is 11.9. The van der Waals surface area contributed by atoms with Crippen LogP contribution in [0.15, 0.2) is 48.5 Å². The average molecular weight is 342 g/mol. The number of amides is 2. The lowest BCUT2D eigenvalue weighted by atomic mass is 10.1. The molecule has 0 spiro atoms. The van der Waals surface area contributed by atoms with E-state index < -0.39 is 30.2 Å². The lowest BCUT2D eigenvalue weighted by molar-refractivity contribution is -0.123. The fraction of sp³-hybridized carbons (Fsp3) is 0.0588. The number of carboxylic acids is 2. The highest BCUT2D eigenvalue weighted by Gasteiger charge is 2.16. The summed E-state index contributed by atoms with van der Waals surface area (Å²) in [7, 11) is 0. The molecule has 0 heterocycles. The number of aromatic carboxylic acids is 2. The van der Waals surface area contributed by atoms with Gasteiger partial charge in [0.05, 0.1) is 22.5 Å². The summed E-state index contributed by atoms with van der Waals surface area (Å²) >= 11 is 0. The topological polar surface area (TPSA) is 133 Å². The van der Waals surface area contributed by atoms with Crippen LogP contribution in [0.1, 0.15) is 27.1 Å². The minimum atomic E-state index is -1.21. The lowest BCUT2D eigenvalue weighted by Gasteiger charge is -2.10. The Kier molecular flexibility index (Phi) is 5.47. The first-order valence-corrected chi connectivity index (χ1v) is 7.13. The van der Waals surface area contributed by atoms with Gasteiger partial charge in [0.15, 0.2) is 0 Å². The van der Waals surface area contributed by atoms with Crippen LogP contribution in [-0.2, 0) is 9.59 Å². The standard InChI is InChI=1S/C17H14N2O6/c20-14(18-12-7-3-1-5-10(12)16(22)23)9-15(21)19-13-8-4-2-6-11(13)17(24)25/h1-8H,9H2,(H,18,20)(H,19,21)(H,22,23)(H,24,25). The van der Waals surface area contributed by atoms with Crippen LogP contribution in [0.25, 0.3) is 0 Å². The molecule has 0 aliphatic rings. The van der Waals surface area contributed by atoms with Crippen molar-refractivity contribution in [2.45, 2.75) is 6.42 Å². The predicted molar refractivity (Wildman–Crippen MR) is 88.7 cm³/mol. The molecule has 0 saturated carbocycles. The largest absolute Gasteiger partial charge is 0.478 e. The van der Waals surface area contributed by atoms with E-state index in [1.807, 2.05) is 0 Å². The van der Waals surface area contributed by atoms with E-state index in [1.54, 1.807) is 12.1 Å². The van der Waals surface area contributed by atoms with Crippen molar-refractivity contribution in [3.05, 3.63) is 59.7 Å². The summed E-state index contributed by atoms with van der Waals surface area (Å²) in [4.78, 5) is 46.0. The summed E-state index contributed by atoms with van der Waals surface area (Å²) < 4.78 is 0. The second-order valence-electron chi connectivity index (χ2n) is 4.97. The van der Waals surface area contributed by atoms with Gasteiger partial charge in [0.2, 0.25) is 11.8 Å². The van der Waals surface area contributed by atoms with Crippen LogP contribution < -0.4 is 10.6 Å². The van der Waals surface area contributed by atoms with Crippen molar-refractivity contribution in [2.75, 3.05) is 10.6 Å². The van der Waals surface area contributed by atoms with Crippen molar-refractivity contribution in [2.24, 2.45) is 0 Å². The number of nitrogens with one attached hydrogen (secondary N) is 2. The molecule has 0 aliphatic carbocycles. The number of carboxylic acid groups (broad SMARTS) is 2. The van der Waals surface area contributed by atoms with Gasteiger partial charge in [-0.15, -0.1) is 0 Å². The molecule has 0 aliphatic heterocycles. The van der Waals surface area contributed by atoms with E-state index in [2.05, 4.69) is 10.6 Å². The van der Waals surface area contributed by atoms with E-state index >= 15 is 0 Å². The Balaban J connectivity index is 2.03. The average Bonchev–Trinajstić information content (AvgIpc) is 2.55. The molecule has 0 aromatic heterocycles. The number of hydrogen-bond donors (Lipinski definition) is 4. The summed E-state index contributed by atoms with van der Waals surface area (Å²) in [6.07, 6.45) is -0.595. The number of benzene rings is 2. The van der Waals surface area contributed by atoms with Crippen molar-refractivity contribution in [1.82, 2.24) is 0 Å². The van der Waals surface area contributed by atoms with Gasteiger partial charge in [-0.2, -0.15) is 0 Å². The molecule has 0 fully saturated rings. The fourth-order valence-corrected chi connectivity index (χ4v) is 2.09. The molecule has 2 aromatic rings. The van der Waals surface area contributed by atoms with Crippen LogP contribution >= 0.6 is 0 Å². The molecule has 2 aromatic carbocycles. The monoisotopic (exact) mass is 342 g/mol. The van der Waals surface area contributed by atoms with Crippen LogP contribution in [0.2, 0.25) is 0 Å². The maximum absolute atomic E-state index is 11.9. The number of carbonyl (C=O) groups is 4. The van der Waals surface area contributed by atoms with Crippen LogP contribution in [0, 0.1) is 0 Å². The number of rotatable bonds is 6. The van der Waals surface area contributed by atoms with Crippen LogP contribution in [0.4, 0.5) is 11.4 Å². The smallest absolute Gasteiger partial charge is 0.337 e. The highest BCUT2D eigenvalue weighted by atomic mass is 16.4. The van der Waals surface area contributed by atoms with Gasteiger partial charge in [-0.3, -0.25) is 9.59 Å². The van der Waals surface area contributed by atoms with Gasteiger partial charge in [0, 0.05) is 0 Å². The summed E-state index contributed by atoms with van der Waals surface area (Å²) in [5, 5.41) is 22.8. The first kappa shape index (κ1) is 17.7. The van der Waals surface area contributed by atoms with Gasteiger partial charge in [-0.1, -0.05) is 24.3 Å². The maximum atomic E-state index is 11.9. The van der Waals surface area contributed by atoms with Crippen molar-refractivity contribution in [3.63, 3.8) is 0 Å². The molecule has 2 rings (SSSR count).